The van der Waals surface area contributed by atoms with Gasteiger partial charge in [0.25, 0.3) is 6.57 Å². The van der Waals surface area contributed by atoms with Crippen LogP contribution >= 0.6 is 42.0 Å². The Hall–Kier alpha value is -0.440. The number of halogens is 2. The first-order valence-electron chi connectivity index (χ1n) is 5.98. The van der Waals surface area contributed by atoms with Crippen molar-refractivity contribution in [2.45, 2.75) is 13.3 Å². The molecule has 6 heteroatoms. The van der Waals surface area contributed by atoms with Crippen LogP contribution in [0.5, 0.6) is 0 Å². The smallest absolute Gasteiger partial charge is 0.282 e. The minimum atomic E-state index is -3.70. The van der Waals surface area contributed by atoms with Gasteiger partial charge in [-0.2, -0.15) is 0 Å². The van der Waals surface area contributed by atoms with Gasteiger partial charge in [-0.25, -0.2) is 0 Å². The van der Waals surface area contributed by atoms with Crippen LogP contribution in [-0.4, -0.2) is 4.89 Å². The van der Waals surface area contributed by atoms with Crippen molar-refractivity contribution in [3.8, 4) is 11.1 Å². The van der Waals surface area contributed by atoms with Crippen molar-refractivity contribution < 1.29 is 9.46 Å². The Labute approximate surface area is 133 Å². The summed E-state index contributed by atoms with van der Waals surface area (Å²) in [6.45, 7) is -1.78. The van der Waals surface area contributed by atoms with Crippen molar-refractivity contribution in [1.29, 1.82) is 0 Å². The number of hydrogen-bond acceptors (Lipinski definition) is 1. The molecule has 2 aromatic rings. The molecule has 2 nitrogen and oxygen atoms in total. The lowest BCUT2D eigenvalue weighted by Gasteiger charge is -2.16. The maximum Gasteiger partial charge on any atom is 0.282 e. The van der Waals surface area contributed by atoms with Crippen LogP contribution in [0.1, 0.15) is 12.5 Å². The number of rotatable bonds is 3. The van der Waals surface area contributed by atoms with Crippen LogP contribution in [0, 0.1) is 0 Å². The van der Waals surface area contributed by atoms with Gasteiger partial charge in [0, 0.05) is 15.6 Å². The van der Waals surface area contributed by atoms with Crippen molar-refractivity contribution in [1.82, 2.24) is 0 Å². The predicted octanol–water partition coefficient (Wildman–Crippen LogP) is 4.96. The molecule has 0 aromatic heterocycles. The average molecular weight is 347 g/mol. The maximum atomic E-state index is 12.1. The van der Waals surface area contributed by atoms with Gasteiger partial charge in [0.1, 0.15) is 0 Å². The third-order valence-electron chi connectivity index (χ3n) is 3.01. The molecular weight excluding hydrogens is 334 g/mol. The monoisotopic (exact) mass is 346 g/mol. The SMILES string of the molecule is CCc1cccc(-c2ccc(Cl)cc2Cl)c1P(=O)(O)S. The van der Waals surface area contributed by atoms with Gasteiger partial charge in [0.05, 0.1) is 5.30 Å². The summed E-state index contributed by atoms with van der Waals surface area (Å²) in [7, 11) is 0. The highest BCUT2D eigenvalue weighted by atomic mass is 35.5. The third-order valence-corrected chi connectivity index (χ3v) is 5.27. The fourth-order valence-corrected chi connectivity index (χ4v) is 4.48. The molecule has 0 aliphatic rings. The summed E-state index contributed by atoms with van der Waals surface area (Å²) in [5.74, 6) is 0. The van der Waals surface area contributed by atoms with Crippen molar-refractivity contribution in [3.63, 3.8) is 0 Å². The molecule has 0 spiro atoms. The molecule has 1 unspecified atom stereocenters. The Morgan fingerprint density at radius 2 is 1.90 bits per heavy atom. The van der Waals surface area contributed by atoms with E-state index in [1.165, 1.54) is 0 Å². The lowest BCUT2D eigenvalue weighted by atomic mass is 10.0. The lowest BCUT2D eigenvalue weighted by Crippen LogP contribution is -2.12. The standard InChI is InChI=1S/C14H13Cl2O2PS/c1-2-9-4-3-5-12(14(9)19(17,18)20)11-7-6-10(15)8-13(11)16/h3-8H,2H2,1H3,(H2,17,18,20). The normalized spacial score (nSPS) is 14.1. The van der Waals surface area contributed by atoms with E-state index >= 15 is 0 Å². The van der Waals surface area contributed by atoms with Crippen LogP contribution in [0.3, 0.4) is 0 Å². The Morgan fingerprint density at radius 1 is 1.20 bits per heavy atom. The Morgan fingerprint density at radius 3 is 2.45 bits per heavy atom. The second-order valence-electron chi connectivity index (χ2n) is 4.34. The van der Waals surface area contributed by atoms with E-state index in [0.29, 0.717) is 32.9 Å². The van der Waals surface area contributed by atoms with Crippen LogP contribution in [0.2, 0.25) is 10.0 Å². The van der Waals surface area contributed by atoms with Gasteiger partial charge in [0.15, 0.2) is 0 Å². The summed E-state index contributed by atoms with van der Waals surface area (Å²) in [4.78, 5) is 9.94. The zero-order valence-electron chi connectivity index (χ0n) is 10.7. The Kier molecular flexibility index (Phi) is 4.88. The molecule has 0 saturated carbocycles. The molecule has 1 atom stereocenters. The second kappa shape index (κ2) is 6.13. The summed E-state index contributed by atoms with van der Waals surface area (Å²) in [6, 6.07) is 10.5. The van der Waals surface area contributed by atoms with Crippen molar-refractivity contribution in [3.05, 3.63) is 52.0 Å². The number of aryl methyl sites for hydroxylation is 1. The van der Waals surface area contributed by atoms with Crippen LogP contribution in [-0.2, 0) is 11.0 Å². The molecule has 0 heterocycles. The van der Waals surface area contributed by atoms with Crippen LogP contribution in [0.15, 0.2) is 36.4 Å². The fourth-order valence-electron chi connectivity index (χ4n) is 2.15. The van der Waals surface area contributed by atoms with Crippen LogP contribution in [0.25, 0.3) is 11.1 Å². The molecule has 106 valence electrons. The topological polar surface area (TPSA) is 37.3 Å². The largest absolute Gasteiger partial charge is 0.334 e. The van der Waals surface area contributed by atoms with Gasteiger partial charge in [-0.3, -0.25) is 4.57 Å². The Bertz CT molecular complexity index is 698. The van der Waals surface area contributed by atoms with Crippen molar-refractivity contribution in [2.24, 2.45) is 0 Å². The number of hydrogen-bond donors (Lipinski definition) is 2. The van der Waals surface area contributed by atoms with Gasteiger partial charge >= 0.3 is 0 Å². The molecule has 0 fully saturated rings. The van der Waals surface area contributed by atoms with E-state index in [9.17, 15) is 9.46 Å². The molecule has 2 rings (SSSR count). The second-order valence-corrected chi connectivity index (χ2v) is 8.34. The molecule has 1 N–H and O–H groups in total. The average Bonchev–Trinajstić information content (AvgIpc) is 2.36. The van der Waals surface area contributed by atoms with Gasteiger partial charge in [0.2, 0.25) is 0 Å². The van der Waals surface area contributed by atoms with Gasteiger partial charge < -0.3 is 4.89 Å². The first-order chi connectivity index (χ1) is 9.34. The summed E-state index contributed by atoms with van der Waals surface area (Å²) in [5, 5.41) is 1.30. The molecule has 2 aromatic carbocycles. The van der Waals surface area contributed by atoms with Crippen LogP contribution in [0.4, 0.5) is 0 Å². The summed E-state index contributed by atoms with van der Waals surface area (Å²) < 4.78 is 12.1. The molecular formula is C14H13Cl2O2PS. The summed E-state index contributed by atoms with van der Waals surface area (Å²) in [6.07, 6.45) is 0.638. The molecule has 0 aliphatic carbocycles. The number of thiol groups is 1. The molecule has 0 saturated heterocycles. The predicted molar refractivity (Wildman–Crippen MR) is 89.7 cm³/mol. The minimum Gasteiger partial charge on any atom is -0.334 e. The Balaban J connectivity index is 2.77. The molecule has 0 aliphatic heterocycles. The highest BCUT2D eigenvalue weighted by molar-refractivity contribution is 8.48. The zero-order valence-corrected chi connectivity index (χ0v) is 14.0. The van der Waals surface area contributed by atoms with E-state index in [0.717, 1.165) is 5.56 Å². The van der Waals surface area contributed by atoms with E-state index in [1.54, 1.807) is 24.3 Å². The van der Waals surface area contributed by atoms with E-state index in [1.807, 2.05) is 19.1 Å². The van der Waals surface area contributed by atoms with E-state index in [-0.39, 0.29) is 0 Å². The van der Waals surface area contributed by atoms with E-state index in [4.69, 9.17) is 23.2 Å². The minimum absolute atomic E-state index is 0.343. The fraction of sp³-hybridized carbons (Fsp3) is 0.143. The number of benzene rings is 2. The van der Waals surface area contributed by atoms with Crippen molar-refractivity contribution >= 4 is 47.3 Å². The molecule has 20 heavy (non-hydrogen) atoms. The molecule has 0 radical (unpaired) electrons. The van der Waals surface area contributed by atoms with E-state index < -0.39 is 6.57 Å². The maximum absolute atomic E-state index is 12.1. The first kappa shape index (κ1) is 15.9. The molecule has 0 amide bonds. The zero-order chi connectivity index (χ0) is 14.9. The summed E-state index contributed by atoms with van der Waals surface area (Å²) in [5.41, 5.74) is 2.07. The van der Waals surface area contributed by atoms with Crippen molar-refractivity contribution in [2.75, 3.05) is 0 Å². The van der Waals surface area contributed by atoms with Gasteiger partial charge in [-0.1, -0.05) is 66.6 Å². The van der Waals surface area contributed by atoms with Gasteiger partial charge in [-0.15, -0.1) is 0 Å². The first-order valence-corrected chi connectivity index (χ1v) is 9.55. The molecule has 0 bridgehead atoms. The lowest BCUT2D eigenvalue weighted by molar-refractivity contribution is 0.508. The highest BCUT2D eigenvalue weighted by Crippen LogP contribution is 2.48. The van der Waals surface area contributed by atoms with Crippen LogP contribution < -0.4 is 5.30 Å². The highest BCUT2D eigenvalue weighted by Gasteiger charge is 2.24. The van der Waals surface area contributed by atoms with E-state index in [2.05, 4.69) is 12.2 Å². The van der Waals surface area contributed by atoms with Gasteiger partial charge in [-0.05, 0) is 29.7 Å². The summed E-state index contributed by atoms with van der Waals surface area (Å²) >= 11 is 16.0. The third kappa shape index (κ3) is 3.24. The quantitative estimate of drug-likeness (QED) is 0.608.